The molecule has 0 radical (unpaired) electrons. The first-order chi connectivity index (χ1) is 12.1. The normalized spacial score (nSPS) is 19.6. The molecule has 0 saturated carbocycles. The highest BCUT2D eigenvalue weighted by molar-refractivity contribution is 14.0. The van der Waals surface area contributed by atoms with E-state index in [1.807, 2.05) is 25.1 Å². The van der Waals surface area contributed by atoms with Crippen LogP contribution in [0.3, 0.4) is 0 Å². The van der Waals surface area contributed by atoms with Crippen molar-refractivity contribution in [1.82, 2.24) is 10.6 Å². The maximum absolute atomic E-state index is 5.57. The largest absolute Gasteiger partial charge is 0.493 e. The van der Waals surface area contributed by atoms with Crippen molar-refractivity contribution in [2.45, 2.75) is 44.9 Å². The van der Waals surface area contributed by atoms with E-state index in [2.05, 4.69) is 36.2 Å². The number of guanidine groups is 1. The lowest BCUT2D eigenvalue weighted by Gasteiger charge is -2.24. The summed E-state index contributed by atoms with van der Waals surface area (Å²) in [5, 5.41) is 6.82. The van der Waals surface area contributed by atoms with E-state index >= 15 is 0 Å². The van der Waals surface area contributed by atoms with E-state index in [1.54, 1.807) is 7.11 Å². The molecule has 2 N–H and O–H groups in total. The lowest BCUT2D eigenvalue weighted by molar-refractivity contribution is 0.310. The van der Waals surface area contributed by atoms with E-state index in [0.29, 0.717) is 17.9 Å². The van der Waals surface area contributed by atoms with E-state index in [1.165, 1.54) is 18.6 Å². The number of nitrogens with zero attached hydrogens (tertiary/aromatic N) is 1. The first kappa shape index (κ1) is 23.2. The number of hydrogen-bond donors (Lipinski definition) is 2. The van der Waals surface area contributed by atoms with Crippen molar-refractivity contribution in [3.05, 3.63) is 23.8 Å². The number of thioether (sulfide) groups is 1. The molecule has 0 amide bonds. The van der Waals surface area contributed by atoms with Gasteiger partial charge in [-0.25, -0.2) is 4.99 Å². The fraction of sp³-hybridized carbons (Fsp3) is 0.632. The smallest absolute Gasteiger partial charge is 0.191 e. The molecule has 1 aliphatic heterocycles. The molecular weight excluding hydrogens is 461 g/mol. The molecule has 7 heteroatoms. The van der Waals surface area contributed by atoms with E-state index < -0.39 is 0 Å². The van der Waals surface area contributed by atoms with Crippen molar-refractivity contribution in [2.75, 3.05) is 32.6 Å². The van der Waals surface area contributed by atoms with Crippen LogP contribution in [0.2, 0.25) is 0 Å². The van der Waals surface area contributed by atoms with Crippen LogP contribution in [0.5, 0.6) is 11.5 Å². The van der Waals surface area contributed by atoms with Gasteiger partial charge >= 0.3 is 0 Å². The standard InChI is InChI=1S/C19H31N3O2S.HI/c1-5-20-18(22-14-19(3)10-7-11-25-19)21-13-15-8-9-16(24-6-2)17(12-15)23-4;/h8-9,12H,5-7,10-11,13-14H2,1-4H3,(H2,20,21,22);1H. The Morgan fingerprint density at radius 1 is 1.27 bits per heavy atom. The summed E-state index contributed by atoms with van der Waals surface area (Å²) in [6, 6.07) is 5.98. The van der Waals surface area contributed by atoms with Crippen LogP contribution in [-0.4, -0.2) is 43.3 Å². The highest BCUT2D eigenvalue weighted by Crippen LogP contribution is 2.36. The zero-order valence-corrected chi connectivity index (χ0v) is 19.4. The molecule has 26 heavy (non-hydrogen) atoms. The number of aliphatic imine (C=N–C) groups is 1. The van der Waals surface area contributed by atoms with Gasteiger partial charge in [0.1, 0.15) is 0 Å². The first-order valence-electron chi connectivity index (χ1n) is 9.06. The van der Waals surface area contributed by atoms with Crippen LogP contribution in [0.4, 0.5) is 0 Å². The number of benzene rings is 1. The first-order valence-corrected chi connectivity index (χ1v) is 10.0. The third kappa shape index (κ3) is 7.06. The molecule has 1 atom stereocenters. The predicted octanol–water partition coefficient (Wildman–Crippen LogP) is 4.05. The second kappa shape index (κ2) is 11.8. The van der Waals surface area contributed by atoms with Gasteiger partial charge in [0.15, 0.2) is 17.5 Å². The van der Waals surface area contributed by atoms with E-state index in [4.69, 9.17) is 14.5 Å². The van der Waals surface area contributed by atoms with Crippen LogP contribution in [-0.2, 0) is 6.54 Å². The van der Waals surface area contributed by atoms with E-state index in [-0.39, 0.29) is 24.0 Å². The highest BCUT2D eigenvalue weighted by atomic mass is 127. The predicted molar refractivity (Wildman–Crippen MR) is 122 cm³/mol. The van der Waals surface area contributed by atoms with Gasteiger partial charge in [0, 0.05) is 17.8 Å². The topological polar surface area (TPSA) is 54.9 Å². The molecule has 0 bridgehead atoms. The monoisotopic (exact) mass is 493 g/mol. The summed E-state index contributed by atoms with van der Waals surface area (Å²) in [6.45, 7) is 9.40. The third-order valence-electron chi connectivity index (χ3n) is 4.22. The summed E-state index contributed by atoms with van der Waals surface area (Å²) in [7, 11) is 1.66. The highest BCUT2D eigenvalue weighted by Gasteiger charge is 2.29. The lowest BCUT2D eigenvalue weighted by atomic mass is 10.1. The third-order valence-corrected chi connectivity index (χ3v) is 5.76. The van der Waals surface area contributed by atoms with Gasteiger partial charge in [0.05, 0.1) is 20.3 Å². The summed E-state index contributed by atoms with van der Waals surface area (Å²) >= 11 is 2.05. The molecule has 0 spiro atoms. The molecule has 5 nitrogen and oxygen atoms in total. The summed E-state index contributed by atoms with van der Waals surface area (Å²) in [5.41, 5.74) is 1.10. The van der Waals surface area contributed by atoms with Crippen LogP contribution >= 0.6 is 35.7 Å². The molecule has 1 heterocycles. The fourth-order valence-corrected chi connectivity index (χ4v) is 4.09. The van der Waals surface area contributed by atoms with Crippen LogP contribution in [0.1, 0.15) is 39.2 Å². The van der Waals surface area contributed by atoms with Gasteiger partial charge in [-0.2, -0.15) is 11.8 Å². The zero-order chi connectivity index (χ0) is 18.1. The van der Waals surface area contributed by atoms with Gasteiger partial charge in [-0.1, -0.05) is 6.07 Å². The molecule has 1 aromatic carbocycles. The van der Waals surface area contributed by atoms with Crippen LogP contribution in [0.15, 0.2) is 23.2 Å². The number of halogens is 1. The molecule has 1 aliphatic rings. The minimum atomic E-state index is 0. The molecule has 1 aromatic rings. The number of hydrogen-bond acceptors (Lipinski definition) is 4. The SMILES string of the molecule is CCNC(=NCc1ccc(OCC)c(OC)c1)NCC1(C)CCCS1.I. The molecule has 1 saturated heterocycles. The van der Waals surface area contributed by atoms with Crippen molar-refractivity contribution < 1.29 is 9.47 Å². The fourth-order valence-electron chi connectivity index (χ4n) is 2.84. The van der Waals surface area contributed by atoms with Crippen molar-refractivity contribution in [3.63, 3.8) is 0 Å². The number of nitrogens with one attached hydrogen (secondary N) is 2. The summed E-state index contributed by atoms with van der Waals surface area (Å²) in [5.74, 6) is 3.65. The van der Waals surface area contributed by atoms with Crippen molar-refractivity contribution in [2.24, 2.45) is 4.99 Å². The Kier molecular flexibility index (Phi) is 10.5. The Hall–Kier alpha value is -0.830. The Bertz CT molecular complexity index is 578. The van der Waals surface area contributed by atoms with Crippen molar-refractivity contribution in [1.29, 1.82) is 0 Å². The van der Waals surface area contributed by atoms with E-state index in [9.17, 15) is 0 Å². The molecular formula is C19H32IN3O2S. The van der Waals surface area contributed by atoms with Gasteiger partial charge in [-0.15, -0.1) is 24.0 Å². The van der Waals surface area contributed by atoms with Crippen molar-refractivity contribution >= 4 is 41.7 Å². The Morgan fingerprint density at radius 3 is 2.69 bits per heavy atom. The van der Waals surface area contributed by atoms with Gasteiger partial charge in [-0.05, 0) is 57.1 Å². The minimum Gasteiger partial charge on any atom is -0.493 e. The summed E-state index contributed by atoms with van der Waals surface area (Å²) in [4.78, 5) is 4.72. The average molecular weight is 493 g/mol. The van der Waals surface area contributed by atoms with Crippen LogP contribution < -0.4 is 20.1 Å². The maximum Gasteiger partial charge on any atom is 0.191 e. The molecule has 1 fully saturated rings. The second-order valence-corrected chi connectivity index (χ2v) is 8.05. The van der Waals surface area contributed by atoms with Crippen LogP contribution in [0, 0.1) is 0 Å². The maximum atomic E-state index is 5.57. The van der Waals surface area contributed by atoms with E-state index in [0.717, 1.165) is 36.1 Å². The number of methoxy groups -OCH3 is 1. The Morgan fingerprint density at radius 2 is 2.08 bits per heavy atom. The summed E-state index contributed by atoms with van der Waals surface area (Å²) in [6.07, 6.45) is 2.57. The second-order valence-electron chi connectivity index (χ2n) is 6.37. The molecule has 2 rings (SSSR count). The number of ether oxygens (including phenoxy) is 2. The zero-order valence-electron chi connectivity index (χ0n) is 16.3. The molecule has 148 valence electrons. The van der Waals surface area contributed by atoms with Crippen LogP contribution in [0.25, 0.3) is 0 Å². The molecule has 0 aromatic heterocycles. The Labute approximate surface area is 179 Å². The quantitative estimate of drug-likeness (QED) is 0.325. The lowest BCUT2D eigenvalue weighted by Crippen LogP contribution is -2.43. The van der Waals surface area contributed by atoms with Gasteiger partial charge in [0.2, 0.25) is 0 Å². The van der Waals surface area contributed by atoms with Gasteiger partial charge < -0.3 is 20.1 Å². The minimum absolute atomic E-state index is 0. The summed E-state index contributed by atoms with van der Waals surface area (Å²) < 4.78 is 11.3. The van der Waals surface area contributed by atoms with Gasteiger partial charge in [-0.3, -0.25) is 0 Å². The average Bonchev–Trinajstić information content (AvgIpc) is 3.05. The molecule has 1 unspecified atom stereocenters. The van der Waals surface area contributed by atoms with Crippen molar-refractivity contribution in [3.8, 4) is 11.5 Å². The Balaban J connectivity index is 0.00000338. The molecule has 0 aliphatic carbocycles. The van der Waals surface area contributed by atoms with Gasteiger partial charge in [0.25, 0.3) is 0 Å². The number of rotatable bonds is 8.